The van der Waals surface area contributed by atoms with E-state index < -0.39 is 15.9 Å². The highest BCUT2D eigenvalue weighted by atomic mass is 32.2. The molecule has 2 amide bonds. The molecular formula is C16H19N3O4S. The number of hydrogen-bond acceptors (Lipinski definition) is 5. The van der Waals surface area contributed by atoms with Crippen LogP contribution in [0.2, 0.25) is 0 Å². The number of nitrogen functional groups attached to an aromatic ring is 1. The van der Waals surface area contributed by atoms with Crippen molar-refractivity contribution in [3.63, 3.8) is 0 Å². The van der Waals surface area contributed by atoms with Crippen LogP contribution in [0.5, 0.6) is 0 Å². The van der Waals surface area contributed by atoms with Crippen molar-refractivity contribution in [1.82, 2.24) is 4.72 Å². The largest absolute Gasteiger partial charge is 0.399 e. The van der Waals surface area contributed by atoms with Crippen LogP contribution in [-0.2, 0) is 14.8 Å². The molecule has 0 unspecified atom stereocenters. The van der Waals surface area contributed by atoms with Crippen LogP contribution < -0.4 is 15.8 Å². The average molecular weight is 349 g/mol. The molecule has 0 aliphatic carbocycles. The van der Waals surface area contributed by atoms with Gasteiger partial charge >= 0.3 is 0 Å². The third kappa shape index (κ3) is 7.95. The number of carbonyl (C=O) groups is 2. The molecule has 0 fully saturated rings. The first-order chi connectivity index (χ1) is 11.2. The van der Waals surface area contributed by atoms with Gasteiger partial charge in [0.05, 0.1) is 6.26 Å². The Morgan fingerprint density at radius 2 is 1.50 bits per heavy atom. The van der Waals surface area contributed by atoms with E-state index in [-0.39, 0.29) is 11.5 Å². The summed E-state index contributed by atoms with van der Waals surface area (Å²) in [4.78, 5) is 22.2. The number of benzene rings is 2. The normalized spacial score (nSPS) is 10.1. The molecule has 0 aliphatic rings. The molecule has 4 N–H and O–H groups in total. The van der Waals surface area contributed by atoms with Gasteiger partial charge in [-0.05, 0) is 36.4 Å². The number of hydrogen-bond donors (Lipinski definition) is 3. The van der Waals surface area contributed by atoms with Gasteiger partial charge in [-0.1, -0.05) is 18.2 Å². The first-order valence-electron chi connectivity index (χ1n) is 6.87. The molecule has 0 spiro atoms. The van der Waals surface area contributed by atoms with Crippen molar-refractivity contribution in [3.8, 4) is 0 Å². The summed E-state index contributed by atoms with van der Waals surface area (Å²) in [5, 5.41) is 2.53. The van der Waals surface area contributed by atoms with Gasteiger partial charge in [-0.3, -0.25) is 9.59 Å². The molecule has 8 heteroatoms. The van der Waals surface area contributed by atoms with E-state index in [0.717, 1.165) is 11.9 Å². The molecule has 0 aromatic heterocycles. The minimum Gasteiger partial charge on any atom is -0.399 e. The van der Waals surface area contributed by atoms with Crippen molar-refractivity contribution in [3.05, 3.63) is 60.2 Å². The topological polar surface area (TPSA) is 118 Å². The van der Waals surface area contributed by atoms with Gasteiger partial charge in [-0.2, -0.15) is 0 Å². The van der Waals surface area contributed by atoms with Gasteiger partial charge in [-0.15, -0.1) is 0 Å². The lowest BCUT2D eigenvalue weighted by molar-refractivity contribution is -0.114. The Labute approximate surface area is 140 Å². The molecule has 0 bridgehead atoms. The predicted octanol–water partition coefficient (Wildman–Crippen LogP) is 1.60. The number of amides is 2. The predicted molar refractivity (Wildman–Crippen MR) is 93.9 cm³/mol. The van der Waals surface area contributed by atoms with Crippen molar-refractivity contribution in [2.45, 2.75) is 6.92 Å². The van der Waals surface area contributed by atoms with Crippen LogP contribution >= 0.6 is 0 Å². The van der Waals surface area contributed by atoms with Crippen LogP contribution in [-0.4, -0.2) is 26.5 Å². The molecule has 24 heavy (non-hydrogen) atoms. The smallest absolute Gasteiger partial charge is 0.264 e. The number of nitrogens with one attached hydrogen (secondary N) is 2. The third-order valence-corrected chi connectivity index (χ3v) is 3.10. The summed E-state index contributed by atoms with van der Waals surface area (Å²) in [6.07, 6.45) is 0.899. The Hall–Kier alpha value is -2.87. The molecule has 2 aromatic carbocycles. The van der Waals surface area contributed by atoms with Crippen molar-refractivity contribution < 1.29 is 18.0 Å². The Balaban J connectivity index is 0.000000341. The van der Waals surface area contributed by atoms with E-state index in [1.54, 1.807) is 0 Å². The molecule has 0 atom stereocenters. The maximum Gasteiger partial charge on any atom is 0.264 e. The second-order valence-electron chi connectivity index (χ2n) is 4.87. The monoisotopic (exact) mass is 349 g/mol. The van der Waals surface area contributed by atoms with E-state index in [4.69, 9.17) is 5.73 Å². The fourth-order valence-electron chi connectivity index (χ4n) is 1.59. The molecular weight excluding hydrogens is 330 g/mol. The molecule has 0 saturated heterocycles. The van der Waals surface area contributed by atoms with Gasteiger partial charge in [0.15, 0.2) is 0 Å². The van der Waals surface area contributed by atoms with E-state index in [9.17, 15) is 18.0 Å². The lowest BCUT2D eigenvalue weighted by atomic mass is 10.2. The van der Waals surface area contributed by atoms with Crippen molar-refractivity contribution >= 4 is 33.2 Å². The van der Waals surface area contributed by atoms with Crippen LogP contribution in [0.3, 0.4) is 0 Å². The highest BCUT2D eigenvalue weighted by Gasteiger charge is 2.10. The summed E-state index contributed by atoms with van der Waals surface area (Å²) in [5.41, 5.74) is 6.91. The first-order valence-corrected chi connectivity index (χ1v) is 8.77. The molecule has 2 rings (SSSR count). The lowest BCUT2D eigenvalue weighted by Crippen LogP contribution is -2.29. The third-order valence-electron chi connectivity index (χ3n) is 2.55. The van der Waals surface area contributed by atoms with Gasteiger partial charge < -0.3 is 11.1 Å². The first kappa shape index (κ1) is 19.2. The van der Waals surface area contributed by atoms with E-state index in [1.165, 1.54) is 31.2 Å². The number of para-hydroxylation sites is 1. The number of anilines is 2. The number of sulfonamides is 1. The Morgan fingerprint density at radius 1 is 0.958 bits per heavy atom. The van der Waals surface area contributed by atoms with Gasteiger partial charge in [0, 0.05) is 23.9 Å². The van der Waals surface area contributed by atoms with Crippen LogP contribution in [0, 0.1) is 0 Å². The minimum absolute atomic E-state index is 0.199. The number of nitrogens with two attached hydrogens (primary N) is 1. The van der Waals surface area contributed by atoms with Crippen LogP contribution in [0.25, 0.3) is 0 Å². The average Bonchev–Trinajstić information content (AvgIpc) is 2.47. The molecule has 0 saturated carbocycles. The zero-order valence-electron chi connectivity index (χ0n) is 13.3. The van der Waals surface area contributed by atoms with E-state index in [0.29, 0.717) is 5.69 Å². The quantitative estimate of drug-likeness (QED) is 0.727. The molecule has 0 radical (unpaired) electrons. The Kier molecular flexibility index (Phi) is 6.94. The van der Waals surface area contributed by atoms with Gasteiger partial charge in [0.1, 0.15) is 0 Å². The van der Waals surface area contributed by atoms with Crippen LogP contribution in [0.1, 0.15) is 17.3 Å². The maximum atomic E-state index is 11.4. The fraction of sp³-hybridized carbons (Fsp3) is 0.125. The highest BCUT2D eigenvalue weighted by Crippen LogP contribution is 2.09. The number of rotatable bonds is 3. The molecule has 128 valence electrons. The standard InChI is InChI=1S/C10H12N2O4S.C6H7N/c1-7(13)11-9-5-3-8(4-6-9)10(14)12-17(2,15)16;7-6-4-2-1-3-5-6/h3-6H,1-2H3,(H,11,13)(H,12,14);1-5H,7H2. The molecule has 2 aromatic rings. The van der Waals surface area contributed by atoms with Gasteiger partial charge in [0.25, 0.3) is 5.91 Å². The summed E-state index contributed by atoms with van der Waals surface area (Å²) < 4.78 is 23.5. The number of carbonyl (C=O) groups excluding carboxylic acids is 2. The molecule has 0 heterocycles. The van der Waals surface area contributed by atoms with Gasteiger partial charge in [0.2, 0.25) is 15.9 Å². The Bertz CT molecular complexity index is 788. The second-order valence-corrected chi connectivity index (χ2v) is 6.62. The van der Waals surface area contributed by atoms with Gasteiger partial charge in [-0.25, -0.2) is 13.1 Å². The summed E-state index contributed by atoms with van der Waals surface area (Å²) in [6, 6.07) is 15.4. The maximum absolute atomic E-state index is 11.4. The van der Waals surface area contributed by atoms with Crippen molar-refractivity contribution in [2.75, 3.05) is 17.3 Å². The van der Waals surface area contributed by atoms with Crippen molar-refractivity contribution in [2.24, 2.45) is 0 Å². The van der Waals surface area contributed by atoms with E-state index in [2.05, 4.69) is 5.32 Å². The van der Waals surface area contributed by atoms with E-state index >= 15 is 0 Å². The summed E-state index contributed by atoms with van der Waals surface area (Å²) in [5.74, 6) is -0.930. The zero-order chi connectivity index (χ0) is 18.2. The molecule has 7 nitrogen and oxygen atoms in total. The summed E-state index contributed by atoms with van der Waals surface area (Å²) in [7, 11) is -3.57. The van der Waals surface area contributed by atoms with Crippen LogP contribution in [0.4, 0.5) is 11.4 Å². The fourth-order valence-corrected chi connectivity index (χ4v) is 2.04. The second kappa shape index (κ2) is 8.68. The Morgan fingerprint density at radius 3 is 1.88 bits per heavy atom. The van der Waals surface area contributed by atoms with E-state index in [1.807, 2.05) is 35.1 Å². The summed E-state index contributed by atoms with van der Waals surface area (Å²) >= 11 is 0. The lowest BCUT2D eigenvalue weighted by Gasteiger charge is -2.04. The molecule has 0 aliphatic heterocycles. The highest BCUT2D eigenvalue weighted by molar-refractivity contribution is 7.89. The summed E-state index contributed by atoms with van der Waals surface area (Å²) in [6.45, 7) is 1.37. The zero-order valence-corrected chi connectivity index (χ0v) is 14.1. The minimum atomic E-state index is -3.57. The van der Waals surface area contributed by atoms with Crippen molar-refractivity contribution in [1.29, 1.82) is 0 Å². The van der Waals surface area contributed by atoms with Crippen LogP contribution in [0.15, 0.2) is 54.6 Å². The SMILES string of the molecule is CC(=O)Nc1ccc(C(=O)NS(C)(=O)=O)cc1.Nc1ccccc1.